The Labute approximate surface area is 70.9 Å². The smallest absolute Gasteiger partial charge is 0.376 e. The molecule has 0 unspecified atom stereocenters. The maximum absolute atomic E-state index is 12.8. The molecule has 12 heavy (non-hydrogen) atoms. The van der Waals surface area contributed by atoms with E-state index in [1.165, 1.54) is 6.92 Å². The molecular weight excluding hydrogens is 166 g/mol. The summed E-state index contributed by atoms with van der Waals surface area (Å²) >= 11 is 0. The fourth-order valence-corrected chi connectivity index (χ4v) is 0.833. The number of esters is 1. The van der Waals surface area contributed by atoms with E-state index in [-0.39, 0.29) is 12.5 Å². The number of carbonyl (C=O) groups excluding carboxylic acids is 1. The number of ether oxygens (including phenoxy) is 1. The van der Waals surface area contributed by atoms with Gasteiger partial charge in [-0.05, 0) is 12.8 Å². The minimum absolute atomic E-state index is 0.00742. The Bertz CT molecular complexity index is 155. The molecular formula is C8H14F2O2. The molecule has 0 rings (SSSR count). The molecule has 0 fully saturated rings. The molecule has 0 amide bonds. The molecule has 2 nitrogen and oxygen atoms in total. The molecule has 0 radical (unpaired) electrons. The van der Waals surface area contributed by atoms with Crippen LogP contribution in [0.5, 0.6) is 0 Å². The van der Waals surface area contributed by atoms with Gasteiger partial charge in [-0.15, -0.1) is 0 Å². The summed E-state index contributed by atoms with van der Waals surface area (Å²) < 4.78 is 29.8. The first kappa shape index (κ1) is 11.3. The molecule has 0 heterocycles. The Balaban J connectivity index is 4.09. The monoisotopic (exact) mass is 180 g/mol. The standard InChI is InChI=1S/C8H14F2O2/c1-4-12-7(11)8(9,10)5-6(2)3/h6H,4-5H2,1-3H3. The Hall–Kier alpha value is -0.670. The molecule has 0 atom stereocenters. The van der Waals surface area contributed by atoms with Gasteiger partial charge in [0.05, 0.1) is 6.61 Å². The van der Waals surface area contributed by atoms with Crippen LogP contribution in [0.25, 0.3) is 0 Å². The van der Waals surface area contributed by atoms with Gasteiger partial charge in [-0.3, -0.25) is 0 Å². The minimum Gasteiger partial charge on any atom is -0.462 e. The van der Waals surface area contributed by atoms with Crippen molar-refractivity contribution in [3.63, 3.8) is 0 Å². The first-order valence-corrected chi connectivity index (χ1v) is 3.95. The van der Waals surface area contributed by atoms with Gasteiger partial charge in [-0.1, -0.05) is 13.8 Å². The van der Waals surface area contributed by atoms with E-state index in [9.17, 15) is 13.6 Å². The van der Waals surface area contributed by atoms with Crippen molar-refractivity contribution in [1.82, 2.24) is 0 Å². The highest BCUT2D eigenvalue weighted by Crippen LogP contribution is 2.24. The van der Waals surface area contributed by atoms with Gasteiger partial charge in [0.25, 0.3) is 0 Å². The summed E-state index contributed by atoms with van der Waals surface area (Å²) in [6.07, 6.45) is -0.453. The van der Waals surface area contributed by atoms with E-state index in [1.807, 2.05) is 0 Å². The highest BCUT2D eigenvalue weighted by molar-refractivity contribution is 5.77. The Kier molecular flexibility index (Phi) is 4.13. The average Bonchev–Trinajstić information content (AvgIpc) is 1.85. The molecule has 0 aromatic carbocycles. The third-order valence-corrected chi connectivity index (χ3v) is 1.24. The van der Waals surface area contributed by atoms with Gasteiger partial charge in [0, 0.05) is 6.42 Å². The highest BCUT2D eigenvalue weighted by atomic mass is 19.3. The van der Waals surface area contributed by atoms with Crippen molar-refractivity contribution in [2.24, 2.45) is 5.92 Å². The van der Waals surface area contributed by atoms with Gasteiger partial charge >= 0.3 is 11.9 Å². The van der Waals surface area contributed by atoms with Crippen molar-refractivity contribution < 1.29 is 18.3 Å². The summed E-state index contributed by atoms with van der Waals surface area (Å²) in [7, 11) is 0. The predicted molar refractivity (Wildman–Crippen MR) is 41.0 cm³/mol. The van der Waals surface area contributed by atoms with Crippen LogP contribution < -0.4 is 0 Å². The van der Waals surface area contributed by atoms with Crippen LogP contribution in [0, 0.1) is 5.92 Å². The second kappa shape index (κ2) is 4.38. The lowest BCUT2D eigenvalue weighted by Crippen LogP contribution is -2.32. The summed E-state index contributed by atoms with van der Waals surface area (Å²) in [6, 6.07) is 0. The second-order valence-electron chi connectivity index (χ2n) is 3.02. The van der Waals surface area contributed by atoms with E-state index in [0.29, 0.717) is 0 Å². The van der Waals surface area contributed by atoms with Crippen LogP contribution in [-0.4, -0.2) is 18.5 Å². The Morgan fingerprint density at radius 3 is 2.33 bits per heavy atom. The molecule has 0 aromatic heterocycles. The first-order valence-electron chi connectivity index (χ1n) is 3.95. The second-order valence-corrected chi connectivity index (χ2v) is 3.02. The molecule has 0 aromatic rings. The van der Waals surface area contributed by atoms with Crippen LogP contribution in [0.4, 0.5) is 8.78 Å². The predicted octanol–water partition coefficient (Wildman–Crippen LogP) is 2.23. The summed E-state index contributed by atoms with van der Waals surface area (Å²) in [5.74, 6) is -4.97. The molecule has 0 aliphatic rings. The Morgan fingerprint density at radius 2 is 2.00 bits per heavy atom. The van der Waals surface area contributed by atoms with Gasteiger partial charge in [0.15, 0.2) is 0 Å². The lowest BCUT2D eigenvalue weighted by molar-refractivity contribution is -0.173. The maximum Gasteiger partial charge on any atom is 0.376 e. The lowest BCUT2D eigenvalue weighted by atomic mass is 10.1. The quantitative estimate of drug-likeness (QED) is 0.620. The van der Waals surface area contributed by atoms with Crippen molar-refractivity contribution >= 4 is 5.97 Å². The molecule has 0 bridgehead atoms. The molecule has 0 aliphatic carbocycles. The normalized spacial score (nSPS) is 11.8. The van der Waals surface area contributed by atoms with Gasteiger partial charge in [0.1, 0.15) is 0 Å². The van der Waals surface area contributed by atoms with E-state index in [1.54, 1.807) is 13.8 Å². The van der Waals surface area contributed by atoms with Crippen LogP contribution in [-0.2, 0) is 9.53 Å². The molecule has 0 N–H and O–H groups in total. The van der Waals surface area contributed by atoms with E-state index in [4.69, 9.17) is 0 Å². The number of alkyl halides is 2. The largest absolute Gasteiger partial charge is 0.462 e. The highest BCUT2D eigenvalue weighted by Gasteiger charge is 2.40. The number of rotatable bonds is 4. The van der Waals surface area contributed by atoms with Crippen molar-refractivity contribution in [3.05, 3.63) is 0 Å². The molecule has 72 valence electrons. The van der Waals surface area contributed by atoms with Crippen molar-refractivity contribution in [2.75, 3.05) is 6.61 Å². The molecule has 0 saturated heterocycles. The zero-order valence-corrected chi connectivity index (χ0v) is 7.56. The van der Waals surface area contributed by atoms with Gasteiger partial charge in [0.2, 0.25) is 0 Å². The van der Waals surface area contributed by atoms with Crippen LogP contribution in [0.2, 0.25) is 0 Å². The van der Waals surface area contributed by atoms with Crippen molar-refractivity contribution in [2.45, 2.75) is 33.1 Å². The molecule has 0 aliphatic heterocycles. The van der Waals surface area contributed by atoms with Crippen LogP contribution in [0.3, 0.4) is 0 Å². The van der Waals surface area contributed by atoms with Crippen LogP contribution >= 0.6 is 0 Å². The Morgan fingerprint density at radius 1 is 1.50 bits per heavy atom. The number of hydrogen-bond donors (Lipinski definition) is 0. The third kappa shape index (κ3) is 3.64. The van der Waals surface area contributed by atoms with Crippen molar-refractivity contribution in [1.29, 1.82) is 0 Å². The fourth-order valence-electron chi connectivity index (χ4n) is 0.833. The summed E-state index contributed by atoms with van der Waals surface area (Å²) in [4.78, 5) is 10.6. The van der Waals surface area contributed by atoms with Crippen LogP contribution in [0.15, 0.2) is 0 Å². The maximum atomic E-state index is 12.8. The zero-order valence-electron chi connectivity index (χ0n) is 7.56. The number of hydrogen-bond acceptors (Lipinski definition) is 2. The summed E-state index contributed by atoms with van der Waals surface area (Å²) in [5.41, 5.74) is 0. The van der Waals surface area contributed by atoms with Crippen molar-refractivity contribution in [3.8, 4) is 0 Å². The molecule has 0 saturated carbocycles. The topological polar surface area (TPSA) is 26.3 Å². The fraction of sp³-hybridized carbons (Fsp3) is 0.875. The zero-order chi connectivity index (χ0) is 9.78. The van der Waals surface area contributed by atoms with E-state index >= 15 is 0 Å². The first-order chi connectivity index (χ1) is 5.40. The minimum atomic E-state index is -3.33. The average molecular weight is 180 g/mol. The van der Waals surface area contributed by atoms with Gasteiger partial charge < -0.3 is 4.74 Å². The molecule has 4 heteroatoms. The van der Waals surface area contributed by atoms with E-state index in [0.717, 1.165) is 0 Å². The SMILES string of the molecule is CCOC(=O)C(F)(F)CC(C)C. The van der Waals surface area contributed by atoms with Gasteiger partial charge in [-0.25, -0.2) is 4.79 Å². The molecule has 0 spiro atoms. The van der Waals surface area contributed by atoms with Gasteiger partial charge in [-0.2, -0.15) is 8.78 Å². The lowest BCUT2D eigenvalue weighted by Gasteiger charge is -2.15. The summed E-state index contributed by atoms with van der Waals surface area (Å²) in [5, 5.41) is 0. The third-order valence-electron chi connectivity index (χ3n) is 1.24. The van der Waals surface area contributed by atoms with E-state index < -0.39 is 18.3 Å². The van der Waals surface area contributed by atoms with Crippen LogP contribution in [0.1, 0.15) is 27.2 Å². The number of halogens is 2. The number of carbonyl (C=O) groups is 1. The van der Waals surface area contributed by atoms with E-state index in [2.05, 4.69) is 4.74 Å². The summed E-state index contributed by atoms with van der Waals surface area (Å²) in [6.45, 7) is 4.76.